The number of rotatable bonds is 3. The fourth-order valence-corrected chi connectivity index (χ4v) is 2.28. The number of hydrogen-bond acceptors (Lipinski definition) is 3. The van der Waals surface area contributed by atoms with Crippen molar-refractivity contribution in [3.05, 3.63) is 53.1 Å². The summed E-state index contributed by atoms with van der Waals surface area (Å²) in [5.41, 5.74) is 3.88. The lowest BCUT2D eigenvalue weighted by atomic mass is 10.1. The molecule has 5 nitrogen and oxygen atoms in total. The fourth-order valence-electron chi connectivity index (χ4n) is 2.28. The molecule has 2 aromatic rings. The molecule has 0 spiro atoms. The van der Waals surface area contributed by atoms with Gasteiger partial charge < -0.3 is 15.4 Å². The standard InChI is InChI=1S/C18H20N2O3/c1-11-8-9-15(23-4)14(10-11)19-17(21)18(22)20-16-12(2)6-5-7-13(16)3/h5-10H,1-4H3,(H,19,21)(H,20,22). The van der Waals surface area contributed by atoms with Crippen molar-refractivity contribution in [2.75, 3.05) is 17.7 Å². The molecule has 2 N–H and O–H groups in total. The van der Waals surface area contributed by atoms with Crippen LogP contribution in [0.2, 0.25) is 0 Å². The van der Waals surface area contributed by atoms with Gasteiger partial charge in [0.05, 0.1) is 12.8 Å². The monoisotopic (exact) mass is 312 g/mol. The van der Waals surface area contributed by atoms with E-state index in [1.165, 1.54) is 7.11 Å². The van der Waals surface area contributed by atoms with Gasteiger partial charge in [0.25, 0.3) is 0 Å². The van der Waals surface area contributed by atoms with Crippen molar-refractivity contribution < 1.29 is 14.3 Å². The molecule has 0 radical (unpaired) electrons. The van der Waals surface area contributed by atoms with Gasteiger partial charge in [-0.25, -0.2) is 0 Å². The predicted octanol–water partition coefficient (Wildman–Crippen LogP) is 3.20. The molecule has 0 bridgehead atoms. The largest absolute Gasteiger partial charge is 0.495 e. The van der Waals surface area contributed by atoms with Crippen LogP contribution in [0.15, 0.2) is 36.4 Å². The van der Waals surface area contributed by atoms with E-state index in [1.54, 1.807) is 12.1 Å². The van der Waals surface area contributed by atoms with E-state index in [0.29, 0.717) is 17.1 Å². The van der Waals surface area contributed by atoms with Gasteiger partial charge in [0.2, 0.25) is 0 Å². The Balaban J connectivity index is 2.15. The zero-order valence-corrected chi connectivity index (χ0v) is 13.7. The van der Waals surface area contributed by atoms with Crippen LogP contribution < -0.4 is 15.4 Å². The average Bonchev–Trinajstić information content (AvgIpc) is 2.51. The highest BCUT2D eigenvalue weighted by molar-refractivity contribution is 6.44. The molecular weight excluding hydrogens is 292 g/mol. The van der Waals surface area contributed by atoms with E-state index >= 15 is 0 Å². The number of para-hydroxylation sites is 1. The molecule has 0 fully saturated rings. The number of carbonyl (C=O) groups is 2. The average molecular weight is 312 g/mol. The maximum Gasteiger partial charge on any atom is 0.314 e. The third kappa shape index (κ3) is 3.88. The SMILES string of the molecule is COc1ccc(C)cc1NC(=O)C(=O)Nc1c(C)cccc1C. The first-order valence-corrected chi connectivity index (χ1v) is 7.25. The van der Waals surface area contributed by atoms with E-state index in [1.807, 2.05) is 45.0 Å². The summed E-state index contributed by atoms with van der Waals surface area (Å²) in [6.07, 6.45) is 0. The highest BCUT2D eigenvalue weighted by Crippen LogP contribution is 2.25. The van der Waals surface area contributed by atoms with E-state index in [9.17, 15) is 9.59 Å². The normalized spacial score (nSPS) is 10.1. The second kappa shape index (κ2) is 6.96. The molecule has 2 rings (SSSR count). The highest BCUT2D eigenvalue weighted by Gasteiger charge is 2.17. The smallest absolute Gasteiger partial charge is 0.314 e. The van der Waals surface area contributed by atoms with Gasteiger partial charge in [0, 0.05) is 5.69 Å². The van der Waals surface area contributed by atoms with E-state index in [4.69, 9.17) is 4.74 Å². The first-order chi connectivity index (χ1) is 10.9. The molecule has 0 unspecified atom stereocenters. The third-order valence-electron chi connectivity index (χ3n) is 3.53. The topological polar surface area (TPSA) is 67.4 Å². The van der Waals surface area contributed by atoms with Gasteiger partial charge >= 0.3 is 11.8 Å². The van der Waals surface area contributed by atoms with Crippen LogP contribution in [-0.2, 0) is 9.59 Å². The van der Waals surface area contributed by atoms with Gasteiger partial charge in [-0.15, -0.1) is 0 Å². The Morgan fingerprint density at radius 3 is 2.13 bits per heavy atom. The molecule has 0 aliphatic rings. The summed E-state index contributed by atoms with van der Waals surface area (Å²) in [7, 11) is 1.51. The summed E-state index contributed by atoms with van der Waals surface area (Å²) >= 11 is 0. The van der Waals surface area contributed by atoms with Crippen molar-refractivity contribution in [1.82, 2.24) is 0 Å². The van der Waals surface area contributed by atoms with E-state index in [2.05, 4.69) is 10.6 Å². The van der Waals surface area contributed by atoms with Crippen molar-refractivity contribution in [3.63, 3.8) is 0 Å². The Bertz CT molecular complexity index is 734. The van der Waals surface area contributed by atoms with E-state index in [0.717, 1.165) is 16.7 Å². The summed E-state index contributed by atoms with van der Waals surface area (Å²) in [5, 5.41) is 5.24. The Labute approximate surface area is 135 Å². The molecule has 2 aromatic carbocycles. The molecule has 0 atom stereocenters. The molecule has 0 aliphatic carbocycles. The number of aryl methyl sites for hydroxylation is 3. The zero-order valence-electron chi connectivity index (χ0n) is 13.7. The number of ether oxygens (including phenoxy) is 1. The van der Waals surface area contributed by atoms with Crippen molar-refractivity contribution in [3.8, 4) is 5.75 Å². The lowest BCUT2D eigenvalue weighted by Crippen LogP contribution is -2.29. The lowest BCUT2D eigenvalue weighted by Gasteiger charge is -2.13. The van der Waals surface area contributed by atoms with Crippen molar-refractivity contribution in [2.24, 2.45) is 0 Å². The van der Waals surface area contributed by atoms with Crippen LogP contribution in [0.4, 0.5) is 11.4 Å². The summed E-state index contributed by atoms with van der Waals surface area (Å²) in [5.74, 6) is -0.952. The van der Waals surface area contributed by atoms with Crippen LogP contribution in [0.5, 0.6) is 5.75 Å². The van der Waals surface area contributed by atoms with Crippen molar-refractivity contribution in [1.29, 1.82) is 0 Å². The Kier molecular flexibility index (Phi) is 5.01. The molecule has 5 heteroatoms. The van der Waals surface area contributed by atoms with Gasteiger partial charge in [0.1, 0.15) is 5.75 Å². The van der Waals surface area contributed by atoms with Crippen LogP contribution in [0.3, 0.4) is 0 Å². The number of hydrogen-bond donors (Lipinski definition) is 2. The van der Waals surface area contributed by atoms with Crippen LogP contribution in [-0.4, -0.2) is 18.9 Å². The summed E-state index contributed by atoms with van der Waals surface area (Å²) in [6, 6.07) is 11.0. The molecule has 0 saturated heterocycles. The molecule has 120 valence electrons. The van der Waals surface area contributed by atoms with Crippen LogP contribution in [0, 0.1) is 20.8 Å². The zero-order chi connectivity index (χ0) is 17.0. The predicted molar refractivity (Wildman–Crippen MR) is 90.9 cm³/mol. The summed E-state index contributed by atoms with van der Waals surface area (Å²) in [6.45, 7) is 5.65. The lowest BCUT2D eigenvalue weighted by molar-refractivity contribution is -0.133. The second-order valence-electron chi connectivity index (χ2n) is 5.38. The van der Waals surface area contributed by atoms with Crippen LogP contribution in [0.1, 0.15) is 16.7 Å². The highest BCUT2D eigenvalue weighted by atomic mass is 16.5. The first kappa shape index (κ1) is 16.5. The Morgan fingerprint density at radius 1 is 0.913 bits per heavy atom. The molecular formula is C18H20N2O3. The minimum absolute atomic E-state index is 0.467. The Hall–Kier alpha value is -2.82. The summed E-state index contributed by atoms with van der Waals surface area (Å²) < 4.78 is 5.19. The maximum absolute atomic E-state index is 12.1. The van der Waals surface area contributed by atoms with Crippen molar-refractivity contribution in [2.45, 2.75) is 20.8 Å². The maximum atomic E-state index is 12.1. The number of benzene rings is 2. The minimum atomic E-state index is -0.739. The number of amides is 2. The first-order valence-electron chi connectivity index (χ1n) is 7.25. The van der Waals surface area contributed by atoms with Gasteiger partial charge in [0.15, 0.2) is 0 Å². The van der Waals surface area contributed by atoms with Crippen molar-refractivity contribution >= 4 is 23.2 Å². The van der Waals surface area contributed by atoms with Gasteiger partial charge in [-0.1, -0.05) is 24.3 Å². The Morgan fingerprint density at radius 2 is 1.52 bits per heavy atom. The number of anilines is 2. The molecule has 0 aromatic heterocycles. The number of methoxy groups -OCH3 is 1. The third-order valence-corrected chi connectivity index (χ3v) is 3.53. The fraction of sp³-hybridized carbons (Fsp3) is 0.222. The van der Waals surface area contributed by atoms with Gasteiger partial charge in [-0.05, 0) is 49.6 Å². The van der Waals surface area contributed by atoms with Gasteiger partial charge in [-0.3, -0.25) is 9.59 Å². The number of carbonyl (C=O) groups excluding carboxylic acids is 2. The van der Waals surface area contributed by atoms with Gasteiger partial charge in [-0.2, -0.15) is 0 Å². The molecule has 0 aliphatic heterocycles. The summed E-state index contributed by atoms with van der Waals surface area (Å²) in [4.78, 5) is 24.3. The number of nitrogens with one attached hydrogen (secondary N) is 2. The van der Waals surface area contributed by atoms with Crippen LogP contribution >= 0.6 is 0 Å². The minimum Gasteiger partial charge on any atom is -0.495 e. The molecule has 0 heterocycles. The molecule has 23 heavy (non-hydrogen) atoms. The van der Waals surface area contributed by atoms with Crippen LogP contribution in [0.25, 0.3) is 0 Å². The molecule has 2 amide bonds. The second-order valence-corrected chi connectivity index (χ2v) is 5.38. The van der Waals surface area contributed by atoms with E-state index < -0.39 is 11.8 Å². The molecule has 0 saturated carbocycles. The van der Waals surface area contributed by atoms with E-state index in [-0.39, 0.29) is 0 Å². The quantitative estimate of drug-likeness (QED) is 0.855.